The first kappa shape index (κ1) is 17.7. The SMILES string of the molecule is CCCCCCN(C(CC)n1ccnc1)C(CC)n1ccnc1. The van der Waals surface area contributed by atoms with Gasteiger partial charge in [0.05, 0.1) is 25.0 Å². The largest absolute Gasteiger partial charge is 0.321 e. The van der Waals surface area contributed by atoms with Crippen LogP contribution >= 0.6 is 0 Å². The summed E-state index contributed by atoms with van der Waals surface area (Å²) in [6.45, 7) is 7.88. The highest BCUT2D eigenvalue weighted by molar-refractivity contribution is 4.85. The Morgan fingerprint density at radius 1 is 0.826 bits per heavy atom. The van der Waals surface area contributed by atoms with Gasteiger partial charge in [-0.2, -0.15) is 0 Å². The number of hydrogen-bond acceptors (Lipinski definition) is 3. The van der Waals surface area contributed by atoms with Crippen molar-refractivity contribution in [2.45, 2.75) is 71.6 Å². The van der Waals surface area contributed by atoms with Gasteiger partial charge in [0.1, 0.15) is 0 Å². The van der Waals surface area contributed by atoms with Gasteiger partial charge in [-0.1, -0.05) is 40.0 Å². The summed E-state index contributed by atoms with van der Waals surface area (Å²) in [4.78, 5) is 11.1. The van der Waals surface area contributed by atoms with Gasteiger partial charge in [0, 0.05) is 31.3 Å². The van der Waals surface area contributed by atoms with Crippen molar-refractivity contribution in [1.29, 1.82) is 0 Å². The molecule has 2 heterocycles. The summed E-state index contributed by atoms with van der Waals surface area (Å²) < 4.78 is 4.47. The lowest BCUT2D eigenvalue weighted by molar-refractivity contribution is 0.0385. The first-order chi connectivity index (χ1) is 11.3. The summed E-state index contributed by atoms with van der Waals surface area (Å²) in [5.74, 6) is 0. The zero-order valence-corrected chi connectivity index (χ0v) is 14.8. The van der Waals surface area contributed by atoms with Crippen LogP contribution in [0.15, 0.2) is 37.4 Å². The zero-order chi connectivity index (χ0) is 16.5. The van der Waals surface area contributed by atoms with E-state index in [1.807, 2.05) is 25.0 Å². The van der Waals surface area contributed by atoms with Gasteiger partial charge >= 0.3 is 0 Å². The van der Waals surface area contributed by atoms with Gasteiger partial charge < -0.3 is 9.13 Å². The summed E-state index contributed by atoms with van der Waals surface area (Å²) in [5.41, 5.74) is 0. The maximum Gasteiger partial charge on any atom is 0.0959 e. The van der Waals surface area contributed by atoms with Crippen LogP contribution in [0.1, 0.15) is 71.6 Å². The van der Waals surface area contributed by atoms with Crippen molar-refractivity contribution in [3.8, 4) is 0 Å². The quantitative estimate of drug-likeness (QED) is 0.574. The predicted molar refractivity (Wildman–Crippen MR) is 94.0 cm³/mol. The molecule has 23 heavy (non-hydrogen) atoms. The van der Waals surface area contributed by atoms with Crippen LogP contribution in [0.25, 0.3) is 0 Å². The Balaban J connectivity index is 2.18. The highest BCUT2D eigenvalue weighted by atomic mass is 15.4. The number of rotatable bonds is 11. The second-order valence-electron chi connectivity index (χ2n) is 6.10. The standard InChI is InChI=1S/C18H31N5/c1-4-7-8-9-12-23(17(5-2)21-13-10-19-15-21)18(6-3)22-14-11-20-16-22/h10-11,13-18H,4-9,12H2,1-3H3. The van der Waals surface area contributed by atoms with Crippen molar-refractivity contribution in [2.24, 2.45) is 0 Å². The van der Waals surface area contributed by atoms with Crippen molar-refractivity contribution in [3.63, 3.8) is 0 Å². The molecule has 0 aliphatic rings. The summed E-state index contributed by atoms with van der Waals surface area (Å²) in [5, 5.41) is 0. The third-order valence-electron chi connectivity index (χ3n) is 4.50. The number of imidazole rings is 2. The molecule has 0 bridgehead atoms. The molecule has 2 rings (SSSR count). The van der Waals surface area contributed by atoms with E-state index in [1.165, 1.54) is 25.7 Å². The summed E-state index contributed by atoms with van der Waals surface area (Å²) in [6, 6.07) is 0. The molecule has 0 aromatic carbocycles. The molecule has 0 N–H and O–H groups in total. The van der Waals surface area contributed by atoms with Gasteiger partial charge in [0.25, 0.3) is 0 Å². The first-order valence-corrected chi connectivity index (χ1v) is 9.02. The van der Waals surface area contributed by atoms with Crippen LogP contribution in [0.4, 0.5) is 0 Å². The molecule has 0 aliphatic carbocycles. The van der Waals surface area contributed by atoms with Crippen molar-refractivity contribution < 1.29 is 0 Å². The highest BCUT2D eigenvalue weighted by Gasteiger charge is 2.25. The van der Waals surface area contributed by atoms with E-state index < -0.39 is 0 Å². The topological polar surface area (TPSA) is 38.9 Å². The lowest BCUT2D eigenvalue weighted by atomic mass is 10.1. The van der Waals surface area contributed by atoms with Crippen molar-refractivity contribution in [3.05, 3.63) is 37.4 Å². The molecule has 2 aromatic rings. The maximum absolute atomic E-state index is 4.25. The Hall–Kier alpha value is -1.62. The Labute approximate surface area is 140 Å². The predicted octanol–water partition coefficient (Wildman–Crippen LogP) is 4.48. The van der Waals surface area contributed by atoms with E-state index in [0.29, 0.717) is 12.3 Å². The van der Waals surface area contributed by atoms with E-state index in [-0.39, 0.29) is 0 Å². The van der Waals surface area contributed by atoms with Crippen LogP contribution in [0, 0.1) is 0 Å². The summed E-state index contributed by atoms with van der Waals surface area (Å²) >= 11 is 0. The first-order valence-electron chi connectivity index (χ1n) is 9.02. The second kappa shape index (κ2) is 9.50. The van der Waals surface area contributed by atoms with E-state index in [4.69, 9.17) is 0 Å². The van der Waals surface area contributed by atoms with Crippen molar-refractivity contribution >= 4 is 0 Å². The monoisotopic (exact) mass is 317 g/mol. The molecular formula is C18H31N5. The molecular weight excluding hydrogens is 286 g/mol. The molecule has 128 valence electrons. The molecule has 0 saturated heterocycles. The molecule has 0 fully saturated rings. The van der Waals surface area contributed by atoms with Crippen LogP contribution in [-0.2, 0) is 0 Å². The molecule has 2 unspecified atom stereocenters. The molecule has 5 nitrogen and oxygen atoms in total. The van der Waals surface area contributed by atoms with Crippen LogP contribution in [0.2, 0.25) is 0 Å². The fourth-order valence-corrected chi connectivity index (χ4v) is 3.34. The Bertz CT molecular complexity index is 463. The van der Waals surface area contributed by atoms with Gasteiger partial charge in [0.2, 0.25) is 0 Å². The van der Waals surface area contributed by atoms with E-state index >= 15 is 0 Å². The molecule has 0 amide bonds. The second-order valence-corrected chi connectivity index (χ2v) is 6.10. The molecule has 0 spiro atoms. The van der Waals surface area contributed by atoms with E-state index in [0.717, 1.165) is 19.4 Å². The van der Waals surface area contributed by atoms with E-state index in [1.54, 1.807) is 0 Å². The third-order valence-corrected chi connectivity index (χ3v) is 4.50. The molecule has 0 aliphatic heterocycles. The normalized spacial score (nSPS) is 14.3. The van der Waals surface area contributed by atoms with Gasteiger partial charge in [-0.25, -0.2) is 9.97 Å². The van der Waals surface area contributed by atoms with Gasteiger partial charge in [-0.05, 0) is 19.3 Å². The Morgan fingerprint density at radius 3 is 1.78 bits per heavy atom. The average molecular weight is 317 g/mol. The van der Waals surface area contributed by atoms with Gasteiger partial charge in [0.15, 0.2) is 0 Å². The summed E-state index contributed by atoms with van der Waals surface area (Å²) in [6.07, 6.45) is 19.7. The molecule has 2 atom stereocenters. The molecule has 5 heteroatoms. The van der Waals surface area contributed by atoms with Crippen molar-refractivity contribution in [2.75, 3.05) is 6.54 Å². The van der Waals surface area contributed by atoms with Crippen LogP contribution < -0.4 is 0 Å². The average Bonchev–Trinajstić information content (AvgIpc) is 3.26. The van der Waals surface area contributed by atoms with Crippen LogP contribution in [-0.4, -0.2) is 30.5 Å². The van der Waals surface area contributed by atoms with Gasteiger partial charge in [-0.3, -0.25) is 4.90 Å². The van der Waals surface area contributed by atoms with E-state index in [9.17, 15) is 0 Å². The number of unbranched alkanes of at least 4 members (excludes halogenated alkanes) is 3. The van der Waals surface area contributed by atoms with Crippen LogP contribution in [0.5, 0.6) is 0 Å². The Morgan fingerprint density at radius 2 is 1.39 bits per heavy atom. The molecule has 0 radical (unpaired) electrons. The number of hydrogen-bond donors (Lipinski definition) is 0. The maximum atomic E-state index is 4.25. The van der Waals surface area contributed by atoms with Crippen LogP contribution in [0.3, 0.4) is 0 Å². The molecule has 0 saturated carbocycles. The van der Waals surface area contributed by atoms with Gasteiger partial charge in [-0.15, -0.1) is 0 Å². The zero-order valence-electron chi connectivity index (χ0n) is 14.8. The minimum atomic E-state index is 0.339. The third kappa shape index (κ3) is 4.67. The van der Waals surface area contributed by atoms with Crippen molar-refractivity contribution in [1.82, 2.24) is 24.0 Å². The van der Waals surface area contributed by atoms with E-state index in [2.05, 4.69) is 57.2 Å². The smallest absolute Gasteiger partial charge is 0.0959 e. The fraction of sp³-hybridized carbons (Fsp3) is 0.667. The fourth-order valence-electron chi connectivity index (χ4n) is 3.34. The minimum Gasteiger partial charge on any atom is -0.321 e. The lowest BCUT2D eigenvalue weighted by Crippen LogP contribution is -2.38. The summed E-state index contributed by atoms with van der Waals surface area (Å²) in [7, 11) is 0. The highest BCUT2D eigenvalue weighted by Crippen LogP contribution is 2.28. The number of aromatic nitrogens is 4. The minimum absolute atomic E-state index is 0.339. The molecule has 2 aromatic heterocycles. The lowest BCUT2D eigenvalue weighted by Gasteiger charge is -2.38. The number of nitrogens with zero attached hydrogens (tertiary/aromatic N) is 5. The Kier molecular flexibility index (Phi) is 7.33.